The monoisotopic (exact) mass is 279 g/mol. The number of hydrogen-bond donors (Lipinski definition) is 0. The van der Waals surface area contributed by atoms with E-state index in [-0.39, 0.29) is 5.41 Å². The van der Waals surface area contributed by atoms with Crippen molar-refractivity contribution >= 4 is 11.2 Å². The summed E-state index contributed by atoms with van der Waals surface area (Å²) < 4.78 is 2.18. The molecule has 2 heterocycles. The Balaban J connectivity index is 2.22. The quantitative estimate of drug-likeness (QED) is 0.699. The van der Waals surface area contributed by atoms with Crippen molar-refractivity contribution < 1.29 is 0 Å². The zero-order valence-corrected chi connectivity index (χ0v) is 13.1. The van der Waals surface area contributed by atoms with E-state index >= 15 is 0 Å². The first-order valence-corrected chi connectivity index (χ1v) is 7.33. The zero-order valence-electron chi connectivity index (χ0n) is 13.1. The van der Waals surface area contributed by atoms with Gasteiger partial charge in [0.15, 0.2) is 5.65 Å². The normalized spacial score (nSPS) is 12.0. The molecule has 0 spiro atoms. The summed E-state index contributed by atoms with van der Waals surface area (Å²) in [7, 11) is 0. The number of benzene rings is 1. The van der Waals surface area contributed by atoms with Crippen molar-refractivity contribution in [1.82, 2.24) is 14.5 Å². The van der Waals surface area contributed by atoms with Crippen LogP contribution in [0.15, 0.2) is 42.6 Å². The maximum absolute atomic E-state index is 4.80. The van der Waals surface area contributed by atoms with Crippen LogP contribution in [0, 0.1) is 12.3 Å². The first-order valence-electron chi connectivity index (χ1n) is 7.33. The fourth-order valence-corrected chi connectivity index (χ4v) is 2.52. The van der Waals surface area contributed by atoms with E-state index < -0.39 is 0 Å². The van der Waals surface area contributed by atoms with Crippen molar-refractivity contribution in [2.45, 2.75) is 34.1 Å². The molecule has 3 nitrogen and oxygen atoms in total. The second-order valence-electron chi connectivity index (χ2n) is 6.78. The first-order chi connectivity index (χ1) is 9.94. The molecule has 2 aromatic heterocycles. The lowest BCUT2D eigenvalue weighted by molar-refractivity contribution is 0.399. The Morgan fingerprint density at radius 1 is 1.05 bits per heavy atom. The van der Waals surface area contributed by atoms with E-state index in [0.29, 0.717) is 0 Å². The van der Waals surface area contributed by atoms with Gasteiger partial charge in [0.05, 0.1) is 0 Å². The van der Waals surface area contributed by atoms with Gasteiger partial charge in [-0.3, -0.25) is 4.57 Å². The van der Waals surface area contributed by atoms with E-state index in [1.807, 2.05) is 18.3 Å². The van der Waals surface area contributed by atoms with Gasteiger partial charge in [0.1, 0.15) is 11.3 Å². The molecular formula is C18H21N3. The van der Waals surface area contributed by atoms with Gasteiger partial charge < -0.3 is 0 Å². The van der Waals surface area contributed by atoms with Crippen molar-refractivity contribution in [3.8, 4) is 5.69 Å². The van der Waals surface area contributed by atoms with Crippen LogP contribution >= 0.6 is 0 Å². The summed E-state index contributed by atoms with van der Waals surface area (Å²) >= 11 is 0. The fraction of sp³-hybridized carbons (Fsp3) is 0.333. The molecule has 0 saturated carbocycles. The van der Waals surface area contributed by atoms with E-state index in [1.54, 1.807) is 0 Å². The van der Waals surface area contributed by atoms with Crippen molar-refractivity contribution in [2.75, 3.05) is 0 Å². The van der Waals surface area contributed by atoms with Gasteiger partial charge in [0.25, 0.3) is 0 Å². The predicted octanol–water partition coefficient (Wildman–Crippen LogP) is 4.32. The first kappa shape index (κ1) is 13.8. The summed E-state index contributed by atoms with van der Waals surface area (Å²) in [6.07, 6.45) is 2.74. The maximum atomic E-state index is 4.80. The number of hydrogen-bond acceptors (Lipinski definition) is 2. The minimum Gasteiger partial charge on any atom is -0.281 e. The van der Waals surface area contributed by atoms with E-state index in [4.69, 9.17) is 4.98 Å². The molecule has 0 aliphatic carbocycles. The molecule has 0 fully saturated rings. The van der Waals surface area contributed by atoms with Gasteiger partial charge in [-0.05, 0) is 36.6 Å². The van der Waals surface area contributed by atoms with Crippen molar-refractivity contribution in [2.24, 2.45) is 5.41 Å². The number of nitrogens with zero attached hydrogens (tertiary/aromatic N) is 3. The molecule has 1 aromatic carbocycles. The summed E-state index contributed by atoms with van der Waals surface area (Å²) in [4.78, 5) is 9.33. The van der Waals surface area contributed by atoms with Crippen LogP contribution in [0.25, 0.3) is 16.9 Å². The molecular weight excluding hydrogens is 258 g/mol. The van der Waals surface area contributed by atoms with E-state index in [2.05, 4.69) is 61.5 Å². The molecule has 0 amide bonds. The molecule has 21 heavy (non-hydrogen) atoms. The molecule has 0 aliphatic heterocycles. The minimum absolute atomic E-state index is 0.184. The number of aromatic nitrogens is 3. The van der Waals surface area contributed by atoms with E-state index in [0.717, 1.165) is 29.1 Å². The van der Waals surface area contributed by atoms with Gasteiger partial charge in [0, 0.05) is 18.3 Å². The number of aryl methyl sites for hydroxylation is 1. The van der Waals surface area contributed by atoms with Crippen LogP contribution in [0.1, 0.15) is 32.2 Å². The van der Waals surface area contributed by atoms with Crippen LogP contribution in [0.4, 0.5) is 0 Å². The summed E-state index contributed by atoms with van der Waals surface area (Å²) in [5.74, 6) is 1.07. The molecule has 0 unspecified atom stereocenters. The van der Waals surface area contributed by atoms with E-state index in [1.165, 1.54) is 5.56 Å². The molecule has 3 rings (SSSR count). The highest BCUT2D eigenvalue weighted by molar-refractivity contribution is 5.73. The van der Waals surface area contributed by atoms with Crippen LogP contribution in [0.2, 0.25) is 0 Å². The summed E-state index contributed by atoms with van der Waals surface area (Å²) in [5.41, 5.74) is 4.46. The van der Waals surface area contributed by atoms with Gasteiger partial charge in [0.2, 0.25) is 0 Å². The van der Waals surface area contributed by atoms with Crippen LogP contribution < -0.4 is 0 Å². The summed E-state index contributed by atoms with van der Waals surface area (Å²) in [5, 5.41) is 0. The molecule has 0 atom stereocenters. The third-order valence-electron chi connectivity index (χ3n) is 3.47. The van der Waals surface area contributed by atoms with Gasteiger partial charge in [-0.15, -0.1) is 0 Å². The van der Waals surface area contributed by atoms with Gasteiger partial charge in [-0.25, -0.2) is 9.97 Å². The third kappa shape index (κ3) is 2.82. The molecule has 108 valence electrons. The van der Waals surface area contributed by atoms with Crippen LogP contribution in [-0.4, -0.2) is 14.5 Å². The molecule has 0 saturated heterocycles. The Hall–Kier alpha value is -2.16. The smallest absolute Gasteiger partial charge is 0.164 e. The highest BCUT2D eigenvalue weighted by Gasteiger charge is 2.19. The molecule has 3 heteroatoms. The molecule has 0 aliphatic rings. The molecule has 3 aromatic rings. The predicted molar refractivity (Wildman–Crippen MR) is 86.8 cm³/mol. The topological polar surface area (TPSA) is 30.7 Å². The molecule has 0 bridgehead atoms. The Bertz CT molecular complexity index is 761. The highest BCUT2D eigenvalue weighted by atomic mass is 15.1. The fourth-order valence-electron chi connectivity index (χ4n) is 2.52. The number of pyridine rings is 1. The van der Waals surface area contributed by atoms with Crippen molar-refractivity contribution in [3.63, 3.8) is 0 Å². The Kier molecular flexibility index (Phi) is 3.28. The lowest BCUT2D eigenvalue weighted by Crippen LogP contribution is -2.14. The summed E-state index contributed by atoms with van der Waals surface area (Å²) in [6.45, 7) is 8.81. The third-order valence-corrected chi connectivity index (χ3v) is 3.47. The lowest BCUT2D eigenvalue weighted by atomic mass is 9.92. The van der Waals surface area contributed by atoms with Crippen LogP contribution in [0.5, 0.6) is 0 Å². The largest absolute Gasteiger partial charge is 0.281 e. The van der Waals surface area contributed by atoms with E-state index in [9.17, 15) is 0 Å². The number of imidazole rings is 1. The van der Waals surface area contributed by atoms with Crippen LogP contribution in [-0.2, 0) is 6.42 Å². The standard InChI is InChI=1S/C18H21N3/c1-13-7-9-14(10-8-13)21-16(12-18(2,3)4)20-15-6-5-11-19-17(15)21/h5-11H,12H2,1-4H3. The van der Waals surface area contributed by atoms with Crippen molar-refractivity contribution in [3.05, 3.63) is 54.0 Å². The Labute approximate surface area is 125 Å². The van der Waals surface area contributed by atoms with Crippen molar-refractivity contribution in [1.29, 1.82) is 0 Å². The second-order valence-corrected chi connectivity index (χ2v) is 6.78. The average Bonchev–Trinajstić information content (AvgIpc) is 2.75. The zero-order chi connectivity index (χ0) is 15.0. The highest BCUT2D eigenvalue weighted by Crippen LogP contribution is 2.26. The van der Waals surface area contributed by atoms with Gasteiger partial charge >= 0.3 is 0 Å². The minimum atomic E-state index is 0.184. The lowest BCUT2D eigenvalue weighted by Gasteiger charge is -2.18. The van der Waals surface area contributed by atoms with Gasteiger partial charge in [-0.1, -0.05) is 38.5 Å². The van der Waals surface area contributed by atoms with Crippen LogP contribution in [0.3, 0.4) is 0 Å². The van der Waals surface area contributed by atoms with Gasteiger partial charge in [-0.2, -0.15) is 0 Å². The second kappa shape index (κ2) is 4.99. The number of rotatable bonds is 2. The Morgan fingerprint density at radius 2 is 1.76 bits per heavy atom. The SMILES string of the molecule is Cc1ccc(-n2c(CC(C)(C)C)nc3cccnc32)cc1. The average molecular weight is 279 g/mol. The maximum Gasteiger partial charge on any atom is 0.164 e. The number of fused-ring (bicyclic) bond motifs is 1. The summed E-state index contributed by atoms with van der Waals surface area (Å²) in [6, 6.07) is 12.5. The molecule has 0 radical (unpaired) electrons. The molecule has 0 N–H and O–H groups in total. The Morgan fingerprint density at radius 3 is 2.43 bits per heavy atom.